The van der Waals surface area contributed by atoms with E-state index in [4.69, 9.17) is 12.2 Å². The molecule has 0 fully saturated rings. The second-order valence-corrected chi connectivity index (χ2v) is 8.82. The first-order valence-corrected chi connectivity index (χ1v) is 11.7. The molecule has 2 heterocycles. The number of aliphatic imine (C=N–C) groups is 1. The Balaban J connectivity index is 1.52. The van der Waals surface area contributed by atoms with Gasteiger partial charge in [0.05, 0.1) is 0 Å². The number of aromatic nitrogens is 3. The largest absolute Gasteiger partial charge is 0.361 e. The Kier molecular flexibility index (Phi) is 7.36. The summed E-state index contributed by atoms with van der Waals surface area (Å²) in [6.45, 7) is 8.36. The van der Waals surface area contributed by atoms with Gasteiger partial charge in [0.25, 0.3) is 0 Å². The third-order valence-corrected chi connectivity index (χ3v) is 5.88. The van der Waals surface area contributed by atoms with E-state index in [1.165, 1.54) is 17.7 Å². The van der Waals surface area contributed by atoms with Crippen LogP contribution in [0.25, 0.3) is 10.9 Å². The molecular formula is C26H28FN7S. The van der Waals surface area contributed by atoms with E-state index in [9.17, 15) is 4.39 Å². The van der Waals surface area contributed by atoms with Gasteiger partial charge in [0.1, 0.15) is 5.82 Å². The van der Waals surface area contributed by atoms with Gasteiger partial charge in [0.15, 0.2) is 5.11 Å². The number of hydrogen-bond acceptors (Lipinski definition) is 4. The summed E-state index contributed by atoms with van der Waals surface area (Å²) < 4.78 is 13.7. The van der Waals surface area contributed by atoms with Crippen LogP contribution in [0.15, 0.2) is 53.7 Å². The normalized spacial score (nSPS) is 11.5. The minimum atomic E-state index is -0.263. The molecule has 0 saturated carbocycles. The lowest BCUT2D eigenvalue weighted by atomic mass is 10.1. The number of fused-ring (bicyclic) bond motifs is 1. The molecule has 0 aliphatic heterocycles. The summed E-state index contributed by atoms with van der Waals surface area (Å²) in [7, 11) is 0. The second kappa shape index (κ2) is 10.6. The molecule has 4 N–H and O–H groups in total. The van der Waals surface area contributed by atoms with E-state index < -0.39 is 0 Å². The first-order chi connectivity index (χ1) is 16.8. The van der Waals surface area contributed by atoms with Gasteiger partial charge in [-0.15, -0.1) is 0 Å². The predicted molar refractivity (Wildman–Crippen MR) is 145 cm³/mol. The van der Waals surface area contributed by atoms with Crippen LogP contribution in [0.1, 0.15) is 28.1 Å². The topological polar surface area (TPSA) is 90.0 Å². The molecule has 35 heavy (non-hydrogen) atoms. The average Bonchev–Trinajstić information content (AvgIpc) is 3.18. The van der Waals surface area contributed by atoms with Crippen molar-refractivity contribution in [2.75, 3.05) is 17.2 Å². The highest BCUT2D eigenvalue weighted by atomic mass is 32.1. The molecule has 7 nitrogen and oxygen atoms in total. The molecule has 0 amide bonds. The van der Waals surface area contributed by atoms with E-state index in [1.807, 2.05) is 45.2 Å². The molecule has 4 rings (SSSR count). The van der Waals surface area contributed by atoms with Crippen LogP contribution >= 0.6 is 12.2 Å². The number of halogens is 1. The van der Waals surface area contributed by atoms with Gasteiger partial charge >= 0.3 is 0 Å². The molecule has 9 heteroatoms. The van der Waals surface area contributed by atoms with E-state index in [-0.39, 0.29) is 5.82 Å². The van der Waals surface area contributed by atoms with Crippen molar-refractivity contribution < 1.29 is 4.39 Å². The number of nitrogens with zero attached hydrogens (tertiary/aromatic N) is 3. The number of thiocarbonyl (C=S) groups is 1. The molecule has 0 aliphatic rings. The van der Waals surface area contributed by atoms with Crippen molar-refractivity contribution in [1.82, 2.24) is 20.3 Å². The van der Waals surface area contributed by atoms with Crippen molar-refractivity contribution in [2.24, 2.45) is 4.99 Å². The lowest BCUT2D eigenvalue weighted by Gasteiger charge is -2.16. The summed E-state index contributed by atoms with van der Waals surface area (Å²) >= 11 is 5.56. The van der Waals surface area contributed by atoms with Gasteiger partial charge in [0.2, 0.25) is 11.9 Å². The fourth-order valence-corrected chi connectivity index (χ4v) is 4.00. The van der Waals surface area contributed by atoms with Crippen LogP contribution in [0.4, 0.5) is 16.0 Å². The monoisotopic (exact) mass is 489 g/mol. The molecule has 2 aromatic carbocycles. The third kappa shape index (κ3) is 6.19. The smallest absolute Gasteiger partial charge is 0.229 e. The maximum atomic E-state index is 13.7. The maximum absolute atomic E-state index is 13.7. The Morgan fingerprint density at radius 2 is 1.80 bits per heavy atom. The average molecular weight is 490 g/mol. The molecule has 0 atom stereocenters. The second-order valence-electron chi connectivity index (χ2n) is 8.41. The van der Waals surface area contributed by atoms with Gasteiger partial charge in [-0.3, -0.25) is 10.3 Å². The molecule has 0 bridgehead atoms. The zero-order valence-corrected chi connectivity index (χ0v) is 21.0. The molecular weight excluding hydrogens is 461 g/mol. The van der Waals surface area contributed by atoms with Crippen LogP contribution in [0.2, 0.25) is 0 Å². The Labute approximate surface area is 209 Å². The van der Waals surface area contributed by atoms with Gasteiger partial charge in [-0.05, 0) is 93.4 Å². The van der Waals surface area contributed by atoms with Gasteiger partial charge in [-0.25, -0.2) is 14.4 Å². The summed E-state index contributed by atoms with van der Waals surface area (Å²) in [5, 5.41) is 10.8. The number of aryl methyl sites for hydroxylation is 3. The minimum Gasteiger partial charge on any atom is -0.361 e. The molecule has 0 unspecified atom stereocenters. The lowest BCUT2D eigenvalue weighted by Crippen LogP contribution is -2.39. The molecule has 4 aromatic rings. The predicted octanol–water partition coefficient (Wildman–Crippen LogP) is 5.33. The van der Waals surface area contributed by atoms with Crippen LogP contribution in [0.5, 0.6) is 0 Å². The molecule has 0 saturated heterocycles. The molecule has 0 aliphatic carbocycles. The first-order valence-electron chi connectivity index (χ1n) is 11.3. The van der Waals surface area contributed by atoms with Crippen molar-refractivity contribution in [3.8, 4) is 0 Å². The highest BCUT2D eigenvalue weighted by Crippen LogP contribution is 2.20. The SMILES string of the molecule is Cc1cc(C)nc(NC(=NCCc2c[nH]c3ccc(F)cc23)NC(=S)Nc2cccc(C)c2C)n1. The molecule has 0 radical (unpaired) electrons. The molecule has 180 valence electrons. The number of benzene rings is 2. The Hall–Kier alpha value is -3.85. The maximum Gasteiger partial charge on any atom is 0.229 e. The molecule has 2 aromatic heterocycles. The van der Waals surface area contributed by atoms with Crippen molar-refractivity contribution in [1.29, 1.82) is 0 Å². The number of anilines is 2. The standard InChI is InChI=1S/C26H28FN7S/c1-15-6-5-7-22(18(15)4)32-26(35)34-24(33-25-30-16(2)12-17(3)31-25)28-11-10-19-14-29-23-9-8-20(27)13-21(19)23/h5-9,12-14,29H,10-11H2,1-4H3,(H3,28,30,31,32,33,34,35). The van der Waals surface area contributed by atoms with E-state index in [1.54, 1.807) is 6.07 Å². The number of aromatic amines is 1. The minimum absolute atomic E-state index is 0.263. The molecule has 0 spiro atoms. The van der Waals surface area contributed by atoms with Crippen LogP contribution in [0, 0.1) is 33.5 Å². The van der Waals surface area contributed by atoms with Crippen molar-refractivity contribution in [3.63, 3.8) is 0 Å². The van der Waals surface area contributed by atoms with E-state index in [0.717, 1.165) is 39.1 Å². The van der Waals surface area contributed by atoms with E-state index >= 15 is 0 Å². The van der Waals surface area contributed by atoms with E-state index in [2.05, 4.69) is 48.9 Å². The zero-order chi connectivity index (χ0) is 24.9. The number of H-pyrrole nitrogens is 1. The summed E-state index contributed by atoms with van der Waals surface area (Å²) in [6.07, 6.45) is 2.50. The summed E-state index contributed by atoms with van der Waals surface area (Å²) in [5.41, 5.74) is 6.78. The van der Waals surface area contributed by atoms with Crippen LogP contribution in [-0.2, 0) is 6.42 Å². The number of rotatable bonds is 5. The van der Waals surface area contributed by atoms with Gasteiger partial charge in [0, 0.05) is 40.7 Å². The van der Waals surface area contributed by atoms with Crippen molar-refractivity contribution in [2.45, 2.75) is 34.1 Å². The number of hydrogen-bond donors (Lipinski definition) is 4. The van der Waals surface area contributed by atoms with Crippen molar-refractivity contribution in [3.05, 3.63) is 82.6 Å². The zero-order valence-electron chi connectivity index (χ0n) is 20.2. The van der Waals surface area contributed by atoms with E-state index in [0.29, 0.717) is 30.0 Å². The van der Waals surface area contributed by atoms with Gasteiger partial charge < -0.3 is 15.6 Å². The fraction of sp³-hybridized carbons (Fsp3) is 0.231. The van der Waals surface area contributed by atoms with Gasteiger partial charge in [-0.2, -0.15) is 0 Å². The highest BCUT2D eigenvalue weighted by molar-refractivity contribution is 7.80. The van der Waals surface area contributed by atoms with Crippen LogP contribution < -0.4 is 16.0 Å². The third-order valence-electron chi connectivity index (χ3n) is 5.68. The van der Waals surface area contributed by atoms with Gasteiger partial charge in [-0.1, -0.05) is 12.1 Å². The number of nitrogens with one attached hydrogen (secondary N) is 4. The van der Waals surface area contributed by atoms with Crippen LogP contribution in [0.3, 0.4) is 0 Å². The summed E-state index contributed by atoms with van der Waals surface area (Å²) in [4.78, 5) is 16.8. The summed E-state index contributed by atoms with van der Waals surface area (Å²) in [5.74, 6) is 0.585. The Morgan fingerprint density at radius 1 is 1.03 bits per heavy atom. The highest BCUT2D eigenvalue weighted by Gasteiger charge is 2.10. The first kappa shape index (κ1) is 24.3. The number of guanidine groups is 1. The lowest BCUT2D eigenvalue weighted by molar-refractivity contribution is 0.629. The van der Waals surface area contributed by atoms with Crippen LogP contribution in [-0.4, -0.2) is 32.6 Å². The Bertz CT molecular complexity index is 1390. The Morgan fingerprint density at radius 3 is 2.57 bits per heavy atom. The fourth-order valence-electron chi connectivity index (χ4n) is 3.79. The van der Waals surface area contributed by atoms with Crippen molar-refractivity contribution >= 4 is 45.8 Å². The quantitative estimate of drug-likeness (QED) is 0.172. The summed E-state index contributed by atoms with van der Waals surface area (Å²) in [6, 6.07) is 12.6.